The van der Waals surface area contributed by atoms with Gasteiger partial charge < -0.3 is 23.8 Å². The number of carbonyl (C=O) groups excluding carboxylic acids is 3. The molecule has 1 fully saturated rings. The topological polar surface area (TPSA) is 91.4 Å². The molecule has 0 radical (unpaired) electrons. The van der Waals surface area contributed by atoms with E-state index in [0.717, 1.165) is 0 Å². The summed E-state index contributed by atoms with van der Waals surface area (Å²) in [6.07, 6.45) is 1.01. The van der Waals surface area contributed by atoms with E-state index in [0.29, 0.717) is 28.2 Å². The highest BCUT2D eigenvalue weighted by atomic mass is 16.5. The highest BCUT2D eigenvalue weighted by molar-refractivity contribution is 5.96. The average molecular weight is 375 g/mol. The lowest BCUT2D eigenvalue weighted by atomic mass is 9.95. The molecule has 8 heteroatoms. The van der Waals surface area contributed by atoms with Crippen molar-refractivity contribution in [1.29, 1.82) is 0 Å². The summed E-state index contributed by atoms with van der Waals surface area (Å²) in [4.78, 5) is 37.9. The lowest BCUT2D eigenvalue weighted by molar-refractivity contribution is -0.147. The van der Waals surface area contributed by atoms with Crippen LogP contribution in [0.4, 0.5) is 0 Å². The first kappa shape index (κ1) is 18.8. The summed E-state index contributed by atoms with van der Waals surface area (Å²) in [7, 11) is 4.31. The highest BCUT2D eigenvalue weighted by Gasteiger charge is 2.46. The van der Waals surface area contributed by atoms with Crippen molar-refractivity contribution in [3.8, 4) is 11.5 Å². The summed E-state index contributed by atoms with van der Waals surface area (Å²) >= 11 is 0. The van der Waals surface area contributed by atoms with Crippen molar-refractivity contribution in [2.75, 3.05) is 27.9 Å². The maximum absolute atomic E-state index is 12.6. The summed E-state index contributed by atoms with van der Waals surface area (Å²) in [5.74, 6) is -0.214. The van der Waals surface area contributed by atoms with Crippen LogP contribution in [0, 0.1) is 0 Å². The third-order valence-electron chi connectivity index (χ3n) is 4.72. The van der Waals surface area contributed by atoms with Crippen molar-refractivity contribution in [3.63, 3.8) is 0 Å². The van der Waals surface area contributed by atoms with Crippen LogP contribution in [0.1, 0.15) is 30.5 Å². The van der Waals surface area contributed by atoms with Crippen molar-refractivity contribution >= 4 is 23.9 Å². The highest BCUT2D eigenvalue weighted by Crippen LogP contribution is 2.45. The molecular formula is C19H21NO7. The molecule has 0 unspecified atom stereocenters. The van der Waals surface area contributed by atoms with Gasteiger partial charge in [-0.25, -0.2) is 4.79 Å². The zero-order valence-electron chi connectivity index (χ0n) is 15.6. The maximum atomic E-state index is 12.6. The Balaban J connectivity index is 2.22. The molecule has 2 heterocycles. The predicted molar refractivity (Wildman–Crippen MR) is 94.2 cm³/mol. The number of nitrogens with zero attached hydrogens (tertiary/aromatic N) is 1. The molecule has 0 spiro atoms. The number of carbonyl (C=O) groups is 3. The maximum Gasteiger partial charge on any atom is 0.335 e. The summed E-state index contributed by atoms with van der Waals surface area (Å²) in [6, 6.07) is 2.87. The molecule has 3 rings (SSSR count). The van der Waals surface area contributed by atoms with Gasteiger partial charge in [-0.05, 0) is 17.7 Å². The predicted octanol–water partition coefficient (Wildman–Crippen LogP) is 1.48. The molecule has 1 amide bonds. The number of ether oxygens (including phenoxy) is 4. The fourth-order valence-electron chi connectivity index (χ4n) is 3.62. The van der Waals surface area contributed by atoms with E-state index >= 15 is 0 Å². The Morgan fingerprint density at radius 2 is 1.89 bits per heavy atom. The minimum Gasteiger partial charge on any atom is -0.497 e. The van der Waals surface area contributed by atoms with Gasteiger partial charge in [0.25, 0.3) is 0 Å². The van der Waals surface area contributed by atoms with Gasteiger partial charge >= 0.3 is 11.9 Å². The second kappa shape index (κ2) is 7.30. The third-order valence-corrected chi connectivity index (χ3v) is 4.72. The standard InChI is InChI=1S/C19H21NO7/c1-10(21)27-15-8-16(22)20-9-12(19(23)26-4)5-11-6-13(24-2)7-14(25-3)17(11)18(15)20/h5-7,15,18H,8-9H2,1-4H3/t15-,18-/m0/s1. The zero-order valence-corrected chi connectivity index (χ0v) is 15.6. The van der Waals surface area contributed by atoms with E-state index in [1.807, 2.05) is 0 Å². The van der Waals surface area contributed by atoms with Crippen LogP contribution < -0.4 is 9.47 Å². The van der Waals surface area contributed by atoms with E-state index in [1.165, 1.54) is 33.2 Å². The molecule has 27 heavy (non-hydrogen) atoms. The van der Waals surface area contributed by atoms with E-state index in [-0.39, 0.29) is 18.9 Å². The van der Waals surface area contributed by atoms with Crippen LogP contribution in [-0.4, -0.2) is 56.7 Å². The quantitative estimate of drug-likeness (QED) is 0.736. The Kier molecular flexibility index (Phi) is 5.07. The number of hydrogen-bond donors (Lipinski definition) is 0. The van der Waals surface area contributed by atoms with E-state index < -0.39 is 24.1 Å². The fourth-order valence-corrected chi connectivity index (χ4v) is 3.62. The number of benzene rings is 1. The first-order valence-corrected chi connectivity index (χ1v) is 8.41. The van der Waals surface area contributed by atoms with Gasteiger partial charge in [-0.3, -0.25) is 9.59 Å². The molecule has 8 nitrogen and oxygen atoms in total. The number of rotatable bonds is 4. The van der Waals surface area contributed by atoms with Crippen molar-refractivity contribution < 1.29 is 33.3 Å². The molecule has 2 aliphatic heterocycles. The SMILES string of the molecule is COC(=O)C1=Cc2cc(OC)cc(OC)c2[C@@H]2[C@@H](OC(C)=O)CC(=O)N2C1. The first-order valence-electron chi connectivity index (χ1n) is 8.41. The molecule has 0 aromatic heterocycles. The van der Waals surface area contributed by atoms with E-state index in [2.05, 4.69) is 0 Å². The van der Waals surface area contributed by atoms with Crippen LogP contribution in [0.5, 0.6) is 11.5 Å². The van der Waals surface area contributed by atoms with Crippen LogP contribution in [0.2, 0.25) is 0 Å². The molecule has 144 valence electrons. The van der Waals surface area contributed by atoms with Crippen LogP contribution in [0.15, 0.2) is 17.7 Å². The second-order valence-electron chi connectivity index (χ2n) is 6.31. The lowest BCUT2D eigenvalue weighted by Crippen LogP contribution is -2.33. The van der Waals surface area contributed by atoms with E-state index in [9.17, 15) is 14.4 Å². The molecule has 0 saturated carbocycles. The molecule has 2 atom stereocenters. The Hall–Kier alpha value is -3.03. The number of esters is 2. The summed E-state index contributed by atoms with van der Waals surface area (Å²) < 4.78 is 21.1. The summed E-state index contributed by atoms with van der Waals surface area (Å²) in [5, 5.41) is 0. The molecule has 0 aliphatic carbocycles. The van der Waals surface area contributed by atoms with E-state index in [4.69, 9.17) is 18.9 Å². The van der Waals surface area contributed by atoms with Crippen molar-refractivity contribution in [2.45, 2.75) is 25.5 Å². The number of hydrogen-bond acceptors (Lipinski definition) is 7. The van der Waals surface area contributed by atoms with Crippen LogP contribution in [0.3, 0.4) is 0 Å². The summed E-state index contributed by atoms with van der Waals surface area (Å²) in [5.41, 5.74) is 1.62. The van der Waals surface area contributed by atoms with Gasteiger partial charge in [-0.15, -0.1) is 0 Å². The van der Waals surface area contributed by atoms with Gasteiger partial charge in [0.05, 0.1) is 45.9 Å². The smallest absolute Gasteiger partial charge is 0.335 e. The monoisotopic (exact) mass is 375 g/mol. The zero-order chi connectivity index (χ0) is 19.7. The van der Waals surface area contributed by atoms with Gasteiger partial charge in [0, 0.05) is 18.6 Å². The minimum atomic E-state index is -0.679. The Morgan fingerprint density at radius 1 is 1.15 bits per heavy atom. The Labute approximate surface area is 156 Å². The third kappa shape index (κ3) is 3.34. The molecular weight excluding hydrogens is 354 g/mol. The minimum absolute atomic E-state index is 0.0350. The number of amides is 1. The largest absolute Gasteiger partial charge is 0.497 e. The van der Waals surface area contributed by atoms with Gasteiger partial charge in [0.1, 0.15) is 17.6 Å². The summed E-state index contributed by atoms with van der Waals surface area (Å²) in [6.45, 7) is 1.35. The van der Waals surface area contributed by atoms with Gasteiger partial charge in [0.15, 0.2) is 0 Å². The number of methoxy groups -OCH3 is 3. The normalized spacial score (nSPS) is 20.8. The van der Waals surface area contributed by atoms with E-state index in [1.54, 1.807) is 18.2 Å². The van der Waals surface area contributed by atoms with Crippen LogP contribution in [0.25, 0.3) is 6.08 Å². The lowest BCUT2D eigenvalue weighted by Gasteiger charge is -2.29. The molecule has 0 bridgehead atoms. The second-order valence-corrected chi connectivity index (χ2v) is 6.31. The average Bonchev–Trinajstić information content (AvgIpc) is 2.83. The number of fused-ring (bicyclic) bond motifs is 3. The molecule has 1 saturated heterocycles. The Morgan fingerprint density at radius 3 is 2.48 bits per heavy atom. The fraction of sp³-hybridized carbons (Fsp3) is 0.421. The molecule has 1 aromatic rings. The van der Waals surface area contributed by atoms with Gasteiger partial charge in [-0.2, -0.15) is 0 Å². The van der Waals surface area contributed by atoms with Crippen molar-refractivity contribution in [3.05, 3.63) is 28.8 Å². The van der Waals surface area contributed by atoms with Crippen molar-refractivity contribution in [2.24, 2.45) is 0 Å². The first-order chi connectivity index (χ1) is 12.9. The van der Waals surface area contributed by atoms with Crippen LogP contribution >= 0.6 is 0 Å². The van der Waals surface area contributed by atoms with Crippen LogP contribution in [-0.2, 0) is 23.9 Å². The van der Waals surface area contributed by atoms with Crippen molar-refractivity contribution in [1.82, 2.24) is 4.90 Å². The Bertz CT molecular complexity index is 830. The molecule has 2 aliphatic rings. The molecule has 0 N–H and O–H groups in total. The molecule has 1 aromatic carbocycles. The van der Waals surface area contributed by atoms with Gasteiger partial charge in [-0.1, -0.05) is 0 Å². The van der Waals surface area contributed by atoms with Gasteiger partial charge in [0.2, 0.25) is 5.91 Å².